The van der Waals surface area contributed by atoms with E-state index in [-0.39, 0.29) is 16.7 Å². The Morgan fingerprint density at radius 1 is 1.15 bits per heavy atom. The van der Waals surface area contributed by atoms with E-state index < -0.39 is 0 Å². The van der Waals surface area contributed by atoms with E-state index in [9.17, 15) is 10.1 Å². The molecule has 1 N–H and O–H groups in total. The summed E-state index contributed by atoms with van der Waals surface area (Å²) < 4.78 is 0. The van der Waals surface area contributed by atoms with Crippen LogP contribution in [0.15, 0.2) is 48.5 Å². The van der Waals surface area contributed by atoms with Crippen LogP contribution in [0.2, 0.25) is 0 Å². The Balaban J connectivity index is 2.27. The van der Waals surface area contributed by atoms with Crippen LogP contribution in [0.3, 0.4) is 0 Å². The van der Waals surface area contributed by atoms with Gasteiger partial charge in [-0.15, -0.1) is 0 Å². The standard InChI is InChI=1S/C16H18N2O2/c1-3-14(13-10-8-12(2)9-11-13)17-15-6-4-5-7-16(15)18(19)20/h4-11,14,17H,3H2,1-2H3. The third-order valence-corrected chi connectivity index (χ3v) is 3.32. The van der Waals surface area contributed by atoms with Gasteiger partial charge in [0.15, 0.2) is 0 Å². The van der Waals surface area contributed by atoms with Crippen LogP contribution in [0.25, 0.3) is 0 Å². The lowest BCUT2D eigenvalue weighted by Gasteiger charge is -2.19. The smallest absolute Gasteiger partial charge is 0.292 e. The van der Waals surface area contributed by atoms with Crippen molar-refractivity contribution in [3.63, 3.8) is 0 Å². The van der Waals surface area contributed by atoms with E-state index in [1.807, 2.05) is 6.92 Å². The van der Waals surface area contributed by atoms with Crippen LogP contribution in [0.4, 0.5) is 11.4 Å². The molecular weight excluding hydrogens is 252 g/mol. The minimum absolute atomic E-state index is 0.0664. The van der Waals surface area contributed by atoms with Gasteiger partial charge in [0, 0.05) is 6.07 Å². The lowest BCUT2D eigenvalue weighted by atomic mass is 10.0. The monoisotopic (exact) mass is 270 g/mol. The summed E-state index contributed by atoms with van der Waals surface area (Å²) in [5.74, 6) is 0. The van der Waals surface area contributed by atoms with Gasteiger partial charge in [0.05, 0.1) is 11.0 Å². The molecule has 2 aromatic rings. The van der Waals surface area contributed by atoms with Crippen molar-refractivity contribution in [2.24, 2.45) is 0 Å². The average Bonchev–Trinajstić information content (AvgIpc) is 2.46. The van der Waals surface area contributed by atoms with Crippen molar-refractivity contribution in [2.75, 3.05) is 5.32 Å². The third-order valence-electron chi connectivity index (χ3n) is 3.32. The molecule has 0 aliphatic carbocycles. The number of hydrogen-bond donors (Lipinski definition) is 1. The molecule has 0 heterocycles. The zero-order valence-corrected chi connectivity index (χ0v) is 11.7. The Hall–Kier alpha value is -2.36. The van der Waals surface area contributed by atoms with E-state index in [2.05, 4.69) is 36.5 Å². The summed E-state index contributed by atoms with van der Waals surface area (Å²) in [5, 5.41) is 14.3. The van der Waals surface area contributed by atoms with Gasteiger partial charge in [0.25, 0.3) is 5.69 Å². The number of nitro benzene ring substituents is 1. The number of nitrogens with zero attached hydrogens (tertiary/aromatic N) is 1. The number of anilines is 1. The van der Waals surface area contributed by atoms with Gasteiger partial charge in [0.2, 0.25) is 0 Å². The summed E-state index contributed by atoms with van der Waals surface area (Å²) in [5.41, 5.74) is 3.01. The maximum absolute atomic E-state index is 11.0. The van der Waals surface area contributed by atoms with E-state index in [0.29, 0.717) is 5.69 Å². The number of hydrogen-bond acceptors (Lipinski definition) is 3. The molecule has 4 nitrogen and oxygen atoms in total. The van der Waals surface area contributed by atoms with Crippen molar-refractivity contribution in [3.05, 3.63) is 69.8 Å². The zero-order valence-electron chi connectivity index (χ0n) is 11.7. The second kappa shape index (κ2) is 6.19. The minimum atomic E-state index is -0.357. The topological polar surface area (TPSA) is 55.2 Å². The van der Waals surface area contributed by atoms with Crippen LogP contribution in [0.1, 0.15) is 30.5 Å². The molecule has 4 heteroatoms. The quantitative estimate of drug-likeness (QED) is 0.644. The van der Waals surface area contributed by atoms with E-state index >= 15 is 0 Å². The van der Waals surface area contributed by atoms with Crippen molar-refractivity contribution in [1.29, 1.82) is 0 Å². The fraction of sp³-hybridized carbons (Fsp3) is 0.250. The lowest BCUT2D eigenvalue weighted by molar-refractivity contribution is -0.384. The van der Waals surface area contributed by atoms with Gasteiger partial charge >= 0.3 is 0 Å². The van der Waals surface area contributed by atoms with Crippen LogP contribution in [0, 0.1) is 17.0 Å². The largest absolute Gasteiger partial charge is 0.373 e. The Labute approximate surface area is 118 Å². The molecule has 1 unspecified atom stereocenters. The average molecular weight is 270 g/mol. The van der Waals surface area contributed by atoms with Gasteiger partial charge in [0.1, 0.15) is 5.69 Å². The highest BCUT2D eigenvalue weighted by atomic mass is 16.6. The van der Waals surface area contributed by atoms with E-state index in [1.54, 1.807) is 18.2 Å². The molecule has 2 aromatic carbocycles. The molecule has 0 aromatic heterocycles. The lowest BCUT2D eigenvalue weighted by Crippen LogP contribution is -2.11. The highest BCUT2D eigenvalue weighted by molar-refractivity contribution is 5.62. The van der Waals surface area contributed by atoms with Crippen LogP contribution in [-0.4, -0.2) is 4.92 Å². The predicted octanol–water partition coefficient (Wildman–Crippen LogP) is 4.47. The molecule has 2 rings (SSSR count). The Kier molecular flexibility index (Phi) is 4.35. The second-order valence-corrected chi connectivity index (χ2v) is 4.79. The summed E-state index contributed by atoms with van der Waals surface area (Å²) in [7, 11) is 0. The van der Waals surface area contributed by atoms with Gasteiger partial charge in [-0.1, -0.05) is 48.9 Å². The molecule has 1 atom stereocenters. The highest BCUT2D eigenvalue weighted by Gasteiger charge is 2.16. The van der Waals surface area contributed by atoms with Crippen molar-refractivity contribution in [3.8, 4) is 0 Å². The Morgan fingerprint density at radius 2 is 1.80 bits per heavy atom. The molecule has 0 amide bonds. The van der Waals surface area contributed by atoms with Crippen LogP contribution in [-0.2, 0) is 0 Å². The van der Waals surface area contributed by atoms with Crippen LogP contribution < -0.4 is 5.32 Å². The van der Waals surface area contributed by atoms with Gasteiger partial charge in [-0.05, 0) is 25.0 Å². The minimum Gasteiger partial charge on any atom is -0.373 e. The number of nitrogens with one attached hydrogen (secondary N) is 1. The van der Waals surface area contributed by atoms with Crippen molar-refractivity contribution in [1.82, 2.24) is 0 Å². The number of benzene rings is 2. The fourth-order valence-corrected chi connectivity index (χ4v) is 2.16. The molecule has 104 valence electrons. The summed E-state index contributed by atoms with van der Waals surface area (Å²) in [4.78, 5) is 10.7. The van der Waals surface area contributed by atoms with Crippen LogP contribution >= 0.6 is 0 Å². The fourth-order valence-electron chi connectivity index (χ4n) is 2.16. The molecule has 0 radical (unpaired) electrons. The summed E-state index contributed by atoms with van der Waals surface area (Å²) in [6.07, 6.45) is 0.856. The van der Waals surface area contributed by atoms with Gasteiger partial charge in [-0.3, -0.25) is 10.1 Å². The van der Waals surface area contributed by atoms with Crippen molar-refractivity contribution >= 4 is 11.4 Å². The SMILES string of the molecule is CCC(Nc1ccccc1[N+](=O)[O-])c1ccc(C)cc1. The van der Waals surface area contributed by atoms with E-state index in [4.69, 9.17) is 0 Å². The first-order chi connectivity index (χ1) is 9.61. The molecule has 0 aliphatic heterocycles. The molecule has 0 aliphatic rings. The molecule has 0 bridgehead atoms. The summed E-state index contributed by atoms with van der Waals surface area (Å²) >= 11 is 0. The number of aryl methyl sites for hydroxylation is 1. The molecule has 0 spiro atoms. The predicted molar refractivity (Wildman–Crippen MR) is 80.9 cm³/mol. The molecule has 20 heavy (non-hydrogen) atoms. The highest BCUT2D eigenvalue weighted by Crippen LogP contribution is 2.29. The number of nitro groups is 1. The Morgan fingerprint density at radius 3 is 2.40 bits per heavy atom. The third kappa shape index (κ3) is 3.15. The normalized spacial score (nSPS) is 11.9. The van der Waals surface area contributed by atoms with Gasteiger partial charge < -0.3 is 5.32 Å². The van der Waals surface area contributed by atoms with Gasteiger partial charge in [-0.2, -0.15) is 0 Å². The molecule has 0 saturated heterocycles. The molecular formula is C16H18N2O2. The molecule has 0 fully saturated rings. The van der Waals surface area contributed by atoms with Crippen molar-refractivity contribution in [2.45, 2.75) is 26.3 Å². The number of para-hydroxylation sites is 2. The van der Waals surface area contributed by atoms with Gasteiger partial charge in [-0.25, -0.2) is 0 Å². The maximum Gasteiger partial charge on any atom is 0.292 e. The maximum atomic E-state index is 11.0. The summed E-state index contributed by atoms with van der Waals surface area (Å²) in [6, 6.07) is 15.0. The second-order valence-electron chi connectivity index (χ2n) is 4.79. The zero-order chi connectivity index (χ0) is 14.5. The van der Waals surface area contributed by atoms with Crippen molar-refractivity contribution < 1.29 is 4.92 Å². The Bertz CT molecular complexity index is 594. The first kappa shape index (κ1) is 14.1. The van der Waals surface area contributed by atoms with Crippen LogP contribution in [0.5, 0.6) is 0 Å². The first-order valence-corrected chi connectivity index (χ1v) is 6.68. The summed E-state index contributed by atoms with van der Waals surface area (Å²) in [6.45, 7) is 4.10. The number of rotatable bonds is 5. The van der Waals surface area contributed by atoms with E-state index in [0.717, 1.165) is 12.0 Å². The van der Waals surface area contributed by atoms with E-state index in [1.165, 1.54) is 11.6 Å². The molecule has 0 saturated carbocycles. The first-order valence-electron chi connectivity index (χ1n) is 6.68.